The normalized spacial score (nSPS) is 15.2. The van der Waals surface area contributed by atoms with Crippen molar-refractivity contribution >= 4 is 12.0 Å². The van der Waals surface area contributed by atoms with Gasteiger partial charge < -0.3 is 9.32 Å². The van der Waals surface area contributed by atoms with Crippen molar-refractivity contribution in [2.75, 3.05) is 13.1 Å². The van der Waals surface area contributed by atoms with Crippen molar-refractivity contribution in [3.05, 3.63) is 53.3 Å². The number of benzene rings is 1. The molecule has 1 saturated heterocycles. The van der Waals surface area contributed by atoms with Gasteiger partial charge in [-0.1, -0.05) is 12.1 Å². The number of nitriles is 1. The lowest BCUT2D eigenvalue weighted by Gasteiger charge is -2.13. The van der Waals surface area contributed by atoms with Crippen LogP contribution < -0.4 is 0 Å². The largest absolute Gasteiger partial charge is 0.457 e. The maximum Gasteiger partial charge on any atom is 0.416 e. The van der Waals surface area contributed by atoms with Gasteiger partial charge in [-0.25, -0.2) is 0 Å². The van der Waals surface area contributed by atoms with Crippen LogP contribution in [0, 0.1) is 11.3 Å². The topological polar surface area (TPSA) is 57.2 Å². The van der Waals surface area contributed by atoms with Gasteiger partial charge >= 0.3 is 6.18 Å². The molecule has 7 heteroatoms. The standard InChI is InChI=1S/C19H15F3N2O2/c20-19(21,22)15-5-3-4-13(10-15)17-7-6-16(26-17)11-14(12-23)18(25)24-8-1-2-9-24/h3-7,10-11H,1-2,8-9H2/b14-11+. The summed E-state index contributed by atoms with van der Waals surface area (Å²) in [6, 6.07) is 9.67. The fourth-order valence-corrected chi connectivity index (χ4v) is 2.81. The average Bonchev–Trinajstić information content (AvgIpc) is 3.30. The molecule has 1 fully saturated rings. The Labute approximate surface area is 148 Å². The number of rotatable bonds is 3. The molecule has 0 aliphatic carbocycles. The number of halogens is 3. The van der Waals surface area contributed by atoms with Crippen LogP contribution in [0.25, 0.3) is 17.4 Å². The van der Waals surface area contributed by atoms with Crippen molar-refractivity contribution in [3.63, 3.8) is 0 Å². The van der Waals surface area contributed by atoms with Crippen LogP contribution in [0.3, 0.4) is 0 Å². The minimum Gasteiger partial charge on any atom is -0.457 e. The van der Waals surface area contributed by atoms with Crippen molar-refractivity contribution < 1.29 is 22.4 Å². The maximum absolute atomic E-state index is 12.8. The van der Waals surface area contributed by atoms with Gasteiger partial charge in [0, 0.05) is 24.7 Å². The van der Waals surface area contributed by atoms with E-state index in [9.17, 15) is 23.2 Å². The van der Waals surface area contributed by atoms with E-state index in [-0.39, 0.29) is 28.6 Å². The van der Waals surface area contributed by atoms with Crippen LogP contribution in [0.15, 0.2) is 46.4 Å². The summed E-state index contributed by atoms with van der Waals surface area (Å²) in [7, 11) is 0. The zero-order chi connectivity index (χ0) is 18.7. The minimum atomic E-state index is -4.44. The number of furan rings is 1. The molecule has 1 aromatic heterocycles. The molecule has 2 aromatic rings. The number of carbonyl (C=O) groups is 1. The van der Waals surface area contributed by atoms with Crippen LogP contribution in [0.1, 0.15) is 24.2 Å². The molecule has 2 heterocycles. The van der Waals surface area contributed by atoms with Crippen molar-refractivity contribution in [2.24, 2.45) is 0 Å². The summed E-state index contributed by atoms with van der Waals surface area (Å²) in [5.74, 6) is 0.108. The van der Waals surface area contributed by atoms with Gasteiger partial charge in [0.1, 0.15) is 23.2 Å². The number of amides is 1. The highest BCUT2D eigenvalue weighted by Crippen LogP contribution is 2.32. The van der Waals surface area contributed by atoms with Crippen molar-refractivity contribution in [3.8, 4) is 17.4 Å². The molecular formula is C19H15F3N2O2. The lowest BCUT2D eigenvalue weighted by Crippen LogP contribution is -2.28. The van der Waals surface area contributed by atoms with Crippen molar-refractivity contribution in [1.82, 2.24) is 4.90 Å². The summed E-state index contributed by atoms with van der Waals surface area (Å²) >= 11 is 0. The van der Waals surface area contributed by atoms with Gasteiger partial charge in [0.15, 0.2) is 0 Å². The van der Waals surface area contributed by atoms with Crippen LogP contribution >= 0.6 is 0 Å². The molecule has 0 saturated carbocycles. The van der Waals surface area contributed by atoms with E-state index >= 15 is 0 Å². The molecule has 134 valence electrons. The Morgan fingerprint density at radius 3 is 2.58 bits per heavy atom. The Morgan fingerprint density at radius 1 is 1.19 bits per heavy atom. The predicted octanol–water partition coefficient (Wildman–Crippen LogP) is 4.49. The molecule has 0 spiro atoms. The number of nitrogens with zero attached hydrogens (tertiary/aromatic N) is 2. The Hall–Kier alpha value is -3.01. The SMILES string of the molecule is N#C/C(=C\c1ccc(-c2cccc(C(F)(F)F)c2)o1)C(=O)N1CCCC1. The summed E-state index contributed by atoms with van der Waals surface area (Å²) < 4.78 is 44.0. The minimum absolute atomic E-state index is 0.0585. The Morgan fingerprint density at radius 2 is 1.92 bits per heavy atom. The zero-order valence-electron chi connectivity index (χ0n) is 13.7. The predicted molar refractivity (Wildman–Crippen MR) is 88.6 cm³/mol. The molecule has 0 N–H and O–H groups in total. The highest BCUT2D eigenvalue weighted by atomic mass is 19.4. The first-order valence-corrected chi connectivity index (χ1v) is 8.07. The van der Waals surface area contributed by atoms with Crippen LogP contribution in [-0.2, 0) is 11.0 Å². The highest BCUT2D eigenvalue weighted by Gasteiger charge is 2.30. The van der Waals surface area contributed by atoms with E-state index in [2.05, 4.69) is 0 Å². The third kappa shape index (κ3) is 3.80. The van der Waals surface area contributed by atoms with E-state index < -0.39 is 11.7 Å². The Balaban J connectivity index is 1.85. The molecule has 4 nitrogen and oxygen atoms in total. The van der Waals surface area contributed by atoms with Gasteiger partial charge in [-0.05, 0) is 37.1 Å². The maximum atomic E-state index is 12.8. The van der Waals surface area contributed by atoms with E-state index in [0.717, 1.165) is 25.0 Å². The van der Waals surface area contributed by atoms with Gasteiger partial charge in [0.25, 0.3) is 5.91 Å². The van der Waals surface area contributed by atoms with Crippen LogP contribution in [-0.4, -0.2) is 23.9 Å². The molecule has 1 amide bonds. The highest BCUT2D eigenvalue weighted by molar-refractivity contribution is 6.01. The van der Waals surface area contributed by atoms with Gasteiger partial charge in [0.05, 0.1) is 5.56 Å². The molecule has 0 bridgehead atoms. The quantitative estimate of drug-likeness (QED) is 0.598. The number of carbonyl (C=O) groups excluding carboxylic acids is 1. The van der Waals surface area contributed by atoms with E-state index in [0.29, 0.717) is 13.1 Å². The molecular weight excluding hydrogens is 345 g/mol. The smallest absolute Gasteiger partial charge is 0.416 e. The van der Waals surface area contributed by atoms with E-state index in [4.69, 9.17) is 4.42 Å². The summed E-state index contributed by atoms with van der Waals surface area (Å²) in [4.78, 5) is 13.9. The fourth-order valence-electron chi connectivity index (χ4n) is 2.81. The molecule has 0 radical (unpaired) electrons. The number of hydrogen-bond donors (Lipinski definition) is 0. The second kappa shape index (κ2) is 7.08. The number of alkyl halides is 3. The molecule has 1 aromatic carbocycles. The third-order valence-electron chi connectivity index (χ3n) is 4.13. The molecule has 0 atom stereocenters. The summed E-state index contributed by atoms with van der Waals surface area (Å²) in [6.45, 7) is 1.23. The second-order valence-electron chi connectivity index (χ2n) is 5.95. The average molecular weight is 360 g/mol. The van der Waals surface area contributed by atoms with Gasteiger partial charge in [-0.3, -0.25) is 4.79 Å². The molecule has 3 rings (SSSR count). The molecule has 0 unspecified atom stereocenters. The summed E-state index contributed by atoms with van der Waals surface area (Å²) in [6.07, 6.45) is -1.31. The Kier molecular flexibility index (Phi) is 4.85. The molecule has 26 heavy (non-hydrogen) atoms. The number of likely N-dealkylation sites (tertiary alicyclic amines) is 1. The third-order valence-corrected chi connectivity index (χ3v) is 4.13. The van der Waals surface area contributed by atoms with E-state index in [1.54, 1.807) is 4.90 Å². The van der Waals surface area contributed by atoms with Crippen LogP contribution in [0.2, 0.25) is 0 Å². The lowest BCUT2D eigenvalue weighted by atomic mass is 10.1. The van der Waals surface area contributed by atoms with Crippen molar-refractivity contribution in [2.45, 2.75) is 19.0 Å². The van der Waals surface area contributed by atoms with Gasteiger partial charge in [-0.2, -0.15) is 18.4 Å². The fraction of sp³-hybridized carbons (Fsp3) is 0.263. The van der Waals surface area contributed by atoms with Crippen LogP contribution in [0.4, 0.5) is 13.2 Å². The zero-order valence-corrected chi connectivity index (χ0v) is 13.7. The van der Waals surface area contributed by atoms with Gasteiger partial charge in [0.2, 0.25) is 0 Å². The first-order valence-electron chi connectivity index (χ1n) is 8.07. The summed E-state index contributed by atoms with van der Waals surface area (Å²) in [5, 5.41) is 9.24. The van der Waals surface area contributed by atoms with Crippen LogP contribution in [0.5, 0.6) is 0 Å². The monoisotopic (exact) mass is 360 g/mol. The lowest BCUT2D eigenvalue weighted by molar-refractivity contribution is -0.137. The number of hydrogen-bond acceptors (Lipinski definition) is 3. The second-order valence-corrected chi connectivity index (χ2v) is 5.95. The Bertz CT molecular complexity index is 885. The van der Waals surface area contributed by atoms with Gasteiger partial charge in [-0.15, -0.1) is 0 Å². The van der Waals surface area contributed by atoms with Crippen molar-refractivity contribution in [1.29, 1.82) is 5.26 Å². The molecule has 1 aliphatic heterocycles. The first-order chi connectivity index (χ1) is 12.4. The van der Waals surface area contributed by atoms with E-state index in [1.807, 2.05) is 6.07 Å². The first kappa shape index (κ1) is 17.8. The summed E-state index contributed by atoms with van der Waals surface area (Å²) in [5.41, 5.74) is -0.564. The molecule has 1 aliphatic rings. The van der Waals surface area contributed by atoms with E-state index in [1.165, 1.54) is 30.3 Å².